The number of aryl methyl sites for hydroxylation is 1. The van der Waals surface area contributed by atoms with E-state index in [1.165, 1.54) is 0 Å². The summed E-state index contributed by atoms with van der Waals surface area (Å²) in [6.07, 6.45) is 0. The SMILES string of the molecule is CCOC(C)(C)CNc1nnnn1C. The van der Waals surface area contributed by atoms with Crippen LogP contribution in [0.4, 0.5) is 5.95 Å². The van der Waals surface area contributed by atoms with E-state index in [1.54, 1.807) is 11.7 Å². The predicted octanol–water partition coefficient (Wildman–Crippen LogP) is 0.437. The second-order valence-electron chi connectivity index (χ2n) is 3.67. The zero-order valence-electron chi connectivity index (χ0n) is 9.11. The van der Waals surface area contributed by atoms with Crippen LogP contribution in [-0.4, -0.2) is 39.0 Å². The highest BCUT2D eigenvalue weighted by atomic mass is 16.5. The first-order chi connectivity index (χ1) is 6.55. The molecule has 0 atom stereocenters. The monoisotopic (exact) mass is 199 g/mol. The highest BCUT2D eigenvalue weighted by Crippen LogP contribution is 2.09. The van der Waals surface area contributed by atoms with Gasteiger partial charge in [-0.3, -0.25) is 0 Å². The third-order valence-corrected chi connectivity index (χ3v) is 1.83. The molecule has 6 heteroatoms. The van der Waals surface area contributed by atoms with Crippen molar-refractivity contribution >= 4 is 5.95 Å². The van der Waals surface area contributed by atoms with Crippen molar-refractivity contribution in [2.45, 2.75) is 26.4 Å². The smallest absolute Gasteiger partial charge is 0.242 e. The molecule has 1 aromatic rings. The van der Waals surface area contributed by atoms with Gasteiger partial charge in [0, 0.05) is 20.2 Å². The van der Waals surface area contributed by atoms with Gasteiger partial charge in [0.1, 0.15) is 0 Å². The lowest BCUT2D eigenvalue weighted by Crippen LogP contribution is -2.34. The molecule has 14 heavy (non-hydrogen) atoms. The molecular weight excluding hydrogens is 182 g/mol. The molecule has 0 spiro atoms. The minimum atomic E-state index is -0.208. The Kier molecular flexibility index (Phi) is 3.40. The van der Waals surface area contributed by atoms with Crippen LogP contribution in [0.3, 0.4) is 0 Å². The number of hydrogen-bond acceptors (Lipinski definition) is 5. The van der Waals surface area contributed by atoms with Gasteiger partial charge in [-0.2, -0.15) is 0 Å². The van der Waals surface area contributed by atoms with Gasteiger partial charge in [-0.05, 0) is 31.2 Å². The molecule has 0 bridgehead atoms. The first kappa shape index (κ1) is 10.9. The molecular formula is C8H17N5O. The van der Waals surface area contributed by atoms with Crippen LogP contribution in [0.15, 0.2) is 0 Å². The van der Waals surface area contributed by atoms with Crippen molar-refractivity contribution in [1.29, 1.82) is 0 Å². The average molecular weight is 199 g/mol. The van der Waals surface area contributed by atoms with Crippen LogP contribution in [0.2, 0.25) is 0 Å². The zero-order valence-corrected chi connectivity index (χ0v) is 9.11. The van der Waals surface area contributed by atoms with E-state index in [0.717, 1.165) is 0 Å². The van der Waals surface area contributed by atoms with Crippen molar-refractivity contribution in [2.75, 3.05) is 18.5 Å². The van der Waals surface area contributed by atoms with E-state index in [2.05, 4.69) is 20.8 Å². The van der Waals surface area contributed by atoms with Crippen LogP contribution in [0.25, 0.3) is 0 Å². The van der Waals surface area contributed by atoms with Crippen LogP contribution in [0, 0.1) is 0 Å². The van der Waals surface area contributed by atoms with Crippen LogP contribution in [0.1, 0.15) is 20.8 Å². The Balaban J connectivity index is 2.44. The summed E-state index contributed by atoms with van der Waals surface area (Å²) >= 11 is 0. The minimum absolute atomic E-state index is 0.208. The highest BCUT2D eigenvalue weighted by molar-refractivity contribution is 5.21. The maximum atomic E-state index is 5.53. The molecule has 0 saturated carbocycles. The van der Waals surface area contributed by atoms with Gasteiger partial charge >= 0.3 is 0 Å². The Hall–Kier alpha value is -1.17. The summed E-state index contributed by atoms with van der Waals surface area (Å²) in [6.45, 7) is 7.40. The van der Waals surface area contributed by atoms with Gasteiger partial charge in [0.25, 0.3) is 0 Å². The number of rotatable bonds is 5. The molecule has 1 heterocycles. The lowest BCUT2D eigenvalue weighted by molar-refractivity contribution is 0.000543. The van der Waals surface area contributed by atoms with Gasteiger partial charge in [0.2, 0.25) is 5.95 Å². The van der Waals surface area contributed by atoms with Crippen molar-refractivity contribution in [1.82, 2.24) is 20.2 Å². The number of nitrogens with zero attached hydrogens (tertiary/aromatic N) is 4. The number of ether oxygens (including phenoxy) is 1. The fourth-order valence-electron chi connectivity index (χ4n) is 1.11. The van der Waals surface area contributed by atoms with Gasteiger partial charge in [-0.15, -0.1) is 0 Å². The van der Waals surface area contributed by atoms with Gasteiger partial charge in [0.05, 0.1) is 5.60 Å². The molecule has 0 radical (unpaired) electrons. The Bertz CT molecular complexity index is 283. The molecule has 0 aliphatic carbocycles. The molecule has 0 aromatic carbocycles. The standard InChI is InChI=1S/C8H17N5O/c1-5-14-8(2,3)6-9-7-10-11-12-13(7)4/h5-6H2,1-4H3,(H,9,10,12). The van der Waals surface area contributed by atoms with E-state index in [0.29, 0.717) is 19.1 Å². The van der Waals surface area contributed by atoms with Crippen molar-refractivity contribution in [3.8, 4) is 0 Å². The molecule has 80 valence electrons. The van der Waals surface area contributed by atoms with Crippen LogP contribution < -0.4 is 5.32 Å². The summed E-state index contributed by atoms with van der Waals surface area (Å²) in [5.41, 5.74) is -0.208. The number of hydrogen-bond donors (Lipinski definition) is 1. The van der Waals surface area contributed by atoms with Crippen molar-refractivity contribution in [3.63, 3.8) is 0 Å². The summed E-state index contributed by atoms with van der Waals surface area (Å²) in [4.78, 5) is 0. The number of tetrazole rings is 1. The molecule has 1 rings (SSSR count). The molecule has 0 amide bonds. The zero-order chi connectivity index (χ0) is 10.6. The first-order valence-corrected chi connectivity index (χ1v) is 4.65. The minimum Gasteiger partial charge on any atom is -0.374 e. The lowest BCUT2D eigenvalue weighted by Gasteiger charge is -2.24. The second-order valence-corrected chi connectivity index (χ2v) is 3.67. The van der Waals surface area contributed by atoms with Gasteiger partial charge in [-0.1, -0.05) is 5.10 Å². The average Bonchev–Trinajstić information content (AvgIpc) is 2.48. The van der Waals surface area contributed by atoms with Crippen molar-refractivity contribution in [3.05, 3.63) is 0 Å². The normalized spacial score (nSPS) is 11.7. The third kappa shape index (κ3) is 2.95. The molecule has 0 unspecified atom stereocenters. The van der Waals surface area contributed by atoms with E-state index in [4.69, 9.17) is 4.74 Å². The van der Waals surface area contributed by atoms with Gasteiger partial charge in [-0.25, -0.2) is 4.68 Å². The molecule has 0 fully saturated rings. The molecule has 0 aliphatic heterocycles. The highest BCUT2D eigenvalue weighted by Gasteiger charge is 2.18. The summed E-state index contributed by atoms with van der Waals surface area (Å²) in [6, 6.07) is 0. The van der Waals surface area contributed by atoms with E-state index in [-0.39, 0.29) is 5.60 Å². The van der Waals surface area contributed by atoms with Crippen LogP contribution in [0.5, 0.6) is 0 Å². The Labute approximate surface area is 83.6 Å². The number of anilines is 1. The summed E-state index contributed by atoms with van der Waals surface area (Å²) in [7, 11) is 1.79. The largest absolute Gasteiger partial charge is 0.374 e. The fourth-order valence-corrected chi connectivity index (χ4v) is 1.11. The van der Waals surface area contributed by atoms with E-state index in [9.17, 15) is 0 Å². The van der Waals surface area contributed by atoms with Crippen molar-refractivity contribution in [2.24, 2.45) is 7.05 Å². The Morgan fingerprint density at radius 1 is 1.50 bits per heavy atom. The molecule has 0 aliphatic rings. The summed E-state index contributed by atoms with van der Waals surface area (Å²) in [5.74, 6) is 0.651. The maximum absolute atomic E-state index is 5.53. The topological polar surface area (TPSA) is 64.9 Å². The number of nitrogens with one attached hydrogen (secondary N) is 1. The molecule has 0 saturated heterocycles. The molecule has 6 nitrogen and oxygen atoms in total. The maximum Gasteiger partial charge on any atom is 0.242 e. The Morgan fingerprint density at radius 2 is 2.21 bits per heavy atom. The van der Waals surface area contributed by atoms with Crippen LogP contribution >= 0.6 is 0 Å². The van der Waals surface area contributed by atoms with Crippen LogP contribution in [-0.2, 0) is 11.8 Å². The fraction of sp³-hybridized carbons (Fsp3) is 0.875. The summed E-state index contributed by atoms with van der Waals surface area (Å²) in [5, 5.41) is 14.2. The summed E-state index contributed by atoms with van der Waals surface area (Å²) < 4.78 is 7.11. The van der Waals surface area contributed by atoms with Crippen molar-refractivity contribution < 1.29 is 4.74 Å². The quantitative estimate of drug-likeness (QED) is 0.745. The molecule has 1 aromatic heterocycles. The Morgan fingerprint density at radius 3 is 2.71 bits per heavy atom. The lowest BCUT2D eigenvalue weighted by atomic mass is 10.1. The van der Waals surface area contributed by atoms with E-state index < -0.39 is 0 Å². The first-order valence-electron chi connectivity index (χ1n) is 4.65. The van der Waals surface area contributed by atoms with Gasteiger partial charge < -0.3 is 10.1 Å². The molecule has 1 N–H and O–H groups in total. The van der Waals surface area contributed by atoms with E-state index in [1.807, 2.05) is 20.8 Å². The predicted molar refractivity (Wildman–Crippen MR) is 53.0 cm³/mol. The van der Waals surface area contributed by atoms with Gasteiger partial charge in [0.15, 0.2) is 0 Å². The third-order valence-electron chi connectivity index (χ3n) is 1.83. The second kappa shape index (κ2) is 4.36. The number of aromatic nitrogens is 4. The van der Waals surface area contributed by atoms with E-state index >= 15 is 0 Å².